The van der Waals surface area contributed by atoms with Crippen molar-refractivity contribution in [1.82, 2.24) is 19.4 Å². The Bertz CT molecular complexity index is 1540. The average Bonchev–Trinajstić information content (AvgIpc) is 2.99. The Morgan fingerprint density at radius 3 is 2.70 bits per heavy atom. The highest BCUT2D eigenvalue weighted by Gasteiger charge is 2.42. The van der Waals surface area contributed by atoms with Crippen LogP contribution in [0.1, 0.15) is 26.7 Å². The first-order valence-electron chi connectivity index (χ1n) is 14.4. The monoisotopic (exact) mass is 627 g/mol. The summed E-state index contributed by atoms with van der Waals surface area (Å²) in [4.78, 5) is 23.4. The fourth-order valence-corrected chi connectivity index (χ4v) is 6.37. The second-order valence-corrected chi connectivity index (χ2v) is 14.3. The van der Waals surface area contributed by atoms with Gasteiger partial charge in [-0.15, -0.1) is 0 Å². The number of hydrogen-bond acceptors (Lipinski definition) is 8. The van der Waals surface area contributed by atoms with Gasteiger partial charge >= 0.3 is 0 Å². The number of para-hydroxylation sites is 1. The van der Waals surface area contributed by atoms with Gasteiger partial charge in [0.25, 0.3) is 0 Å². The van der Waals surface area contributed by atoms with Crippen molar-refractivity contribution in [1.29, 1.82) is 0 Å². The van der Waals surface area contributed by atoms with Crippen LogP contribution in [0.4, 0.5) is 28.8 Å². The molecule has 1 amide bonds. The molecule has 1 unspecified atom stereocenters. The number of hydrogen-bond donors (Lipinski definition) is 2. The number of benzene rings is 2. The molecule has 5 rings (SSSR count). The lowest BCUT2D eigenvalue weighted by Gasteiger charge is -2.43. The normalized spacial score (nSPS) is 17.4. The highest BCUT2D eigenvalue weighted by Crippen LogP contribution is 2.43. The molecule has 0 fully saturated rings. The maximum Gasteiger partial charge on any atom is 0.229 e. The van der Waals surface area contributed by atoms with Gasteiger partial charge in [-0.2, -0.15) is 4.98 Å². The van der Waals surface area contributed by atoms with E-state index in [9.17, 15) is 9.36 Å². The number of nitrogens with zero attached hydrogens (tertiary/aromatic N) is 4. The first kappa shape index (κ1) is 32.5. The summed E-state index contributed by atoms with van der Waals surface area (Å²) >= 11 is 6.41. The van der Waals surface area contributed by atoms with Gasteiger partial charge in [0, 0.05) is 43.3 Å². The van der Waals surface area contributed by atoms with Crippen molar-refractivity contribution in [3.63, 3.8) is 0 Å². The average molecular weight is 628 g/mol. The van der Waals surface area contributed by atoms with Crippen LogP contribution in [0.3, 0.4) is 0 Å². The predicted octanol–water partition coefficient (Wildman–Crippen LogP) is 6.33. The Balaban J connectivity index is 0.00000207. The van der Waals surface area contributed by atoms with Gasteiger partial charge in [0.15, 0.2) is 29.6 Å². The van der Waals surface area contributed by atoms with Crippen LogP contribution in [0.2, 0.25) is 5.02 Å². The zero-order valence-electron chi connectivity index (χ0n) is 25.7. The summed E-state index contributed by atoms with van der Waals surface area (Å²) in [5, 5.41) is 7.53. The number of carbonyl (C=O) groups excluding carboxylic acids is 1. The molecule has 0 saturated heterocycles. The predicted molar refractivity (Wildman–Crippen MR) is 176 cm³/mol. The fourth-order valence-electron chi connectivity index (χ4n) is 5.07. The smallest absolute Gasteiger partial charge is 0.229 e. The molecule has 2 aromatic carbocycles. The Morgan fingerprint density at radius 1 is 1.19 bits per heavy atom. The molecular weight excluding hydrogens is 587 g/mol. The molecule has 0 bridgehead atoms. The van der Waals surface area contributed by atoms with Crippen molar-refractivity contribution in [2.75, 3.05) is 64.4 Å². The molecule has 0 saturated carbocycles. The quantitative estimate of drug-likeness (QED) is 0.161. The molecule has 230 valence electrons. The van der Waals surface area contributed by atoms with Gasteiger partial charge in [-0.3, -0.25) is 9.28 Å². The van der Waals surface area contributed by atoms with Crippen molar-refractivity contribution in [2.45, 2.75) is 26.7 Å². The van der Waals surface area contributed by atoms with E-state index >= 15 is 0 Å². The summed E-state index contributed by atoms with van der Waals surface area (Å²) in [7, 11) is 1.27. The summed E-state index contributed by atoms with van der Waals surface area (Å²) in [6.07, 6.45) is 4.63. The molecule has 2 aliphatic heterocycles. The molecule has 0 aliphatic carbocycles. The third kappa shape index (κ3) is 7.39. The van der Waals surface area contributed by atoms with Crippen molar-refractivity contribution in [3.05, 3.63) is 65.6 Å². The number of anilines is 4. The van der Waals surface area contributed by atoms with E-state index in [4.69, 9.17) is 21.1 Å². The summed E-state index contributed by atoms with van der Waals surface area (Å²) in [5.41, 5.74) is 3.51. The van der Waals surface area contributed by atoms with Crippen LogP contribution < -0.4 is 25.2 Å². The van der Waals surface area contributed by atoms with Gasteiger partial charge in [0.05, 0.1) is 31.7 Å². The number of nitrogens with one attached hydrogen (secondary N) is 2. The van der Waals surface area contributed by atoms with Crippen molar-refractivity contribution in [2.24, 2.45) is 0 Å². The second-order valence-electron chi connectivity index (χ2n) is 10.7. The Kier molecular flexibility index (Phi) is 10.5. The van der Waals surface area contributed by atoms with Crippen LogP contribution in [0, 0.1) is 0 Å². The molecule has 2 N–H and O–H groups in total. The van der Waals surface area contributed by atoms with E-state index in [1.165, 1.54) is 6.20 Å². The number of halogens is 1. The van der Waals surface area contributed by atoms with Crippen LogP contribution in [-0.2, 0) is 14.1 Å². The Morgan fingerprint density at radius 2 is 1.95 bits per heavy atom. The van der Waals surface area contributed by atoms with E-state index in [-0.39, 0.29) is 5.91 Å². The van der Waals surface area contributed by atoms with Crippen molar-refractivity contribution < 1.29 is 18.8 Å². The van der Waals surface area contributed by atoms with Crippen molar-refractivity contribution >= 4 is 58.8 Å². The van der Waals surface area contributed by atoms with Gasteiger partial charge in [0.2, 0.25) is 11.9 Å². The summed E-state index contributed by atoms with van der Waals surface area (Å²) < 4.78 is 24.6. The number of fused-ring (bicyclic) bond motifs is 3. The highest BCUT2D eigenvalue weighted by molar-refractivity contribution is 7.70. The molecule has 1 atom stereocenters. The number of aromatic nitrogens is 2. The van der Waals surface area contributed by atoms with Gasteiger partial charge in [-0.25, -0.2) is 4.98 Å². The number of carbonyl (C=O) groups is 1. The minimum atomic E-state index is -2.52. The van der Waals surface area contributed by atoms with Gasteiger partial charge in [-0.1, -0.05) is 37.6 Å². The van der Waals surface area contributed by atoms with Crippen LogP contribution in [0.5, 0.6) is 5.75 Å². The van der Waals surface area contributed by atoms with Crippen LogP contribution in [-0.4, -0.2) is 74.6 Å². The van der Waals surface area contributed by atoms with E-state index in [1.54, 1.807) is 25.3 Å². The largest absolute Gasteiger partial charge is 0.477 e. The van der Waals surface area contributed by atoms with E-state index in [2.05, 4.69) is 27.6 Å². The Labute approximate surface area is 259 Å². The van der Waals surface area contributed by atoms with Gasteiger partial charge in [0.1, 0.15) is 18.7 Å². The highest BCUT2D eigenvalue weighted by atomic mass is 35.5. The standard InChI is InChI=1S/C29H35ClN6O4P.C2H6/c1-36-14-13-35(27(37)10-7-15-39-2)18-21(36)19-40-25-16-20(11-12-24(25)36)32-29-31-17-22(30)28(34-29)33-23-8-5-6-9-26(23)41(3,4)38;1-2/h5-6,8-9,11-12,16-18H,7,10,13-15,19H2,1-4H3,(H2,31,32,33,34);1-2H3/q+1;. The van der Waals surface area contributed by atoms with Crippen LogP contribution in [0.25, 0.3) is 0 Å². The summed E-state index contributed by atoms with van der Waals surface area (Å²) in [6, 6.07) is 13.3. The third-order valence-electron chi connectivity index (χ3n) is 7.39. The minimum absolute atomic E-state index is 0.102. The zero-order chi connectivity index (χ0) is 31.2. The van der Waals surface area contributed by atoms with Crippen LogP contribution in [0.15, 0.2) is 60.6 Å². The number of amides is 1. The molecular formula is C31H41ClN6O4P+. The molecule has 43 heavy (non-hydrogen) atoms. The van der Waals surface area contributed by atoms with Crippen molar-refractivity contribution in [3.8, 4) is 5.75 Å². The molecule has 1 aromatic heterocycles. The topological polar surface area (TPSA) is 106 Å². The third-order valence-corrected chi connectivity index (χ3v) is 9.22. The maximum absolute atomic E-state index is 12.8. The SMILES string of the molecule is CC.COCCCC(=O)N1C=C2COc3cc(Nc4ncc(Cl)c(Nc5ccccc5P(C)(C)=O)n4)ccc3[N+]2(C)CC1. The summed E-state index contributed by atoms with van der Waals surface area (Å²) in [5.74, 6) is 1.62. The van der Waals surface area contributed by atoms with E-state index in [0.717, 1.165) is 34.7 Å². The van der Waals surface area contributed by atoms with Crippen LogP contribution >= 0.6 is 18.7 Å². The van der Waals surface area contributed by atoms with E-state index < -0.39 is 7.14 Å². The molecule has 10 nitrogen and oxygen atoms in total. The lowest BCUT2D eigenvalue weighted by atomic mass is 10.1. The molecule has 0 radical (unpaired) electrons. The number of rotatable bonds is 9. The maximum atomic E-state index is 12.8. The van der Waals surface area contributed by atoms with E-state index in [0.29, 0.717) is 59.6 Å². The van der Waals surface area contributed by atoms with E-state index in [1.807, 2.05) is 62.5 Å². The molecule has 0 spiro atoms. The number of quaternary nitrogens is 1. The van der Waals surface area contributed by atoms with Gasteiger partial charge in [-0.05, 0) is 37.9 Å². The number of methoxy groups -OCH3 is 1. The first-order valence-corrected chi connectivity index (χ1v) is 17.4. The second kappa shape index (κ2) is 13.9. The molecule has 3 heterocycles. The van der Waals surface area contributed by atoms with Gasteiger partial charge < -0.3 is 29.6 Å². The summed E-state index contributed by atoms with van der Waals surface area (Å²) in [6.45, 7) is 9.80. The zero-order valence-corrected chi connectivity index (χ0v) is 27.3. The number of likely N-dealkylation sites (N-methyl/N-ethyl adjacent to an activating group) is 1. The molecule has 2 aliphatic rings. The lowest BCUT2D eigenvalue weighted by Crippen LogP contribution is -2.56. The Hall–Kier alpha value is -3.43. The molecule has 12 heteroatoms. The minimum Gasteiger partial charge on any atom is -0.477 e. The number of ether oxygens (including phenoxy) is 2. The lowest BCUT2D eigenvalue weighted by molar-refractivity contribution is -0.129. The molecule has 3 aromatic rings. The fraction of sp³-hybridized carbons (Fsp3) is 0.387. The first-order chi connectivity index (χ1) is 20.6.